The van der Waals surface area contributed by atoms with Crippen LogP contribution in [0.15, 0.2) is 159 Å². The molecule has 0 saturated heterocycles. The second-order valence-corrected chi connectivity index (χ2v) is 17.9. The second kappa shape index (κ2) is 22.1. The number of rotatable bonds is 19. The maximum Gasteiger partial charge on any atom is 0.330 e. The van der Waals surface area contributed by atoms with Gasteiger partial charge in [0.05, 0.1) is 0 Å². The molecule has 0 N–H and O–H groups in total. The van der Waals surface area contributed by atoms with Crippen LogP contribution >= 0.6 is 0 Å². The number of fused-ring (bicyclic) bond motifs is 2. The van der Waals surface area contributed by atoms with Gasteiger partial charge in [-0.25, -0.2) is 9.59 Å². The van der Waals surface area contributed by atoms with E-state index in [1.165, 1.54) is 5.56 Å². The number of hydrogen-bond donors (Lipinski definition) is 0. The standard InChI is InChI=1S/C62H60O9/c1-10-54(63)69-52(34-65-50-30-26-47(27-31-50)45-18-14-12-15-19-45)36-67-59-39(4)41(6)61-56(43(59)8)58(49-20-16-13-17-21-49)57-44(9)60(40(5)42(7)62(57)71-61)68-37-53(70-55(64)11-2)35-66-51-32-28-48(29-33-51)46-24-22-38(3)23-25-46/h10-33,52-53,58H,1-2,34-37H2,3-9H3. The summed E-state index contributed by atoms with van der Waals surface area (Å²) in [6.07, 6.45) is 0.754. The van der Waals surface area contributed by atoms with E-state index in [1.54, 1.807) is 0 Å². The molecule has 1 heterocycles. The van der Waals surface area contributed by atoms with Crippen molar-refractivity contribution < 1.29 is 42.7 Å². The SMILES string of the molecule is C=CC(=O)OC(COc1ccc(-c2ccccc2)cc1)COc1c(C)c(C)c2c(c1C)C(c1ccccc1)c1c(C)c(OCC(COc3ccc(-c4ccc(C)cc4)cc3)OC(=O)C=C)c(C)c(C)c1O2. The van der Waals surface area contributed by atoms with Crippen LogP contribution in [0.5, 0.6) is 34.5 Å². The molecule has 9 heteroatoms. The molecule has 3 unspecified atom stereocenters. The minimum absolute atomic E-state index is 0.0179. The molecule has 0 bridgehead atoms. The van der Waals surface area contributed by atoms with Gasteiger partial charge in [-0.3, -0.25) is 0 Å². The summed E-state index contributed by atoms with van der Waals surface area (Å²) in [4.78, 5) is 25.3. The molecule has 3 atom stereocenters. The van der Waals surface area contributed by atoms with Gasteiger partial charge in [0.1, 0.15) is 60.9 Å². The zero-order chi connectivity index (χ0) is 50.2. The van der Waals surface area contributed by atoms with E-state index < -0.39 is 24.1 Å². The molecule has 71 heavy (non-hydrogen) atoms. The predicted molar refractivity (Wildman–Crippen MR) is 279 cm³/mol. The van der Waals surface area contributed by atoms with Gasteiger partial charge in [0.25, 0.3) is 0 Å². The Bertz CT molecular complexity index is 3030. The molecule has 0 fully saturated rings. The highest BCUT2D eigenvalue weighted by Gasteiger charge is 2.38. The third kappa shape index (κ3) is 11.1. The van der Waals surface area contributed by atoms with Crippen LogP contribution in [0.25, 0.3) is 22.3 Å². The van der Waals surface area contributed by atoms with Crippen molar-refractivity contribution in [3.63, 3.8) is 0 Å². The van der Waals surface area contributed by atoms with Crippen molar-refractivity contribution in [3.8, 4) is 56.8 Å². The lowest BCUT2D eigenvalue weighted by atomic mass is 9.76. The van der Waals surface area contributed by atoms with Gasteiger partial charge in [-0.2, -0.15) is 0 Å². The highest BCUT2D eigenvalue weighted by Crippen LogP contribution is 2.56. The molecule has 362 valence electrons. The molecule has 8 rings (SSSR count). The van der Waals surface area contributed by atoms with Gasteiger partial charge in [0.2, 0.25) is 0 Å². The lowest BCUT2D eigenvalue weighted by molar-refractivity contribution is -0.147. The lowest BCUT2D eigenvalue weighted by Gasteiger charge is -2.36. The molecule has 1 aliphatic heterocycles. The molecule has 1 aliphatic rings. The summed E-state index contributed by atoms with van der Waals surface area (Å²) in [6.45, 7) is 21.7. The van der Waals surface area contributed by atoms with Crippen molar-refractivity contribution >= 4 is 11.9 Å². The maximum absolute atomic E-state index is 12.7. The largest absolute Gasteiger partial charge is 0.490 e. The Balaban J connectivity index is 1.07. The van der Waals surface area contributed by atoms with E-state index in [0.717, 1.165) is 96.0 Å². The summed E-state index contributed by atoms with van der Waals surface area (Å²) in [7, 11) is 0. The van der Waals surface area contributed by atoms with E-state index in [0.29, 0.717) is 23.0 Å². The lowest BCUT2D eigenvalue weighted by Crippen LogP contribution is -2.31. The number of hydrogen-bond acceptors (Lipinski definition) is 9. The molecule has 9 nitrogen and oxygen atoms in total. The van der Waals surface area contributed by atoms with Crippen molar-refractivity contribution in [3.05, 3.63) is 214 Å². The van der Waals surface area contributed by atoms with Crippen LogP contribution in [-0.2, 0) is 19.1 Å². The van der Waals surface area contributed by atoms with Gasteiger partial charge in [-0.1, -0.05) is 128 Å². The zero-order valence-electron chi connectivity index (χ0n) is 41.5. The normalized spacial score (nSPS) is 13.3. The van der Waals surface area contributed by atoms with Gasteiger partial charge in [-0.05, 0) is 134 Å². The molecular formula is C62H60O9. The molecule has 0 spiro atoms. The molecule has 0 aromatic heterocycles. The molecular weight excluding hydrogens is 889 g/mol. The highest BCUT2D eigenvalue weighted by atomic mass is 16.6. The van der Waals surface area contributed by atoms with Crippen LogP contribution < -0.4 is 23.7 Å². The highest BCUT2D eigenvalue weighted by molar-refractivity contribution is 5.82. The number of esters is 2. The Morgan fingerprint density at radius 2 is 0.831 bits per heavy atom. The van der Waals surface area contributed by atoms with Crippen LogP contribution in [0.3, 0.4) is 0 Å². The van der Waals surface area contributed by atoms with E-state index in [2.05, 4.69) is 68.6 Å². The van der Waals surface area contributed by atoms with Gasteiger partial charge >= 0.3 is 11.9 Å². The Morgan fingerprint density at radius 3 is 1.24 bits per heavy atom. The number of aryl methyl sites for hydroxylation is 1. The summed E-state index contributed by atoms with van der Waals surface area (Å²) < 4.78 is 44.5. The van der Waals surface area contributed by atoms with Crippen molar-refractivity contribution in [2.75, 3.05) is 26.4 Å². The zero-order valence-corrected chi connectivity index (χ0v) is 41.5. The topological polar surface area (TPSA) is 98.8 Å². The average Bonchev–Trinajstić information content (AvgIpc) is 3.40. The first kappa shape index (κ1) is 49.4. The van der Waals surface area contributed by atoms with E-state index in [-0.39, 0.29) is 32.3 Å². The number of carbonyl (C=O) groups excluding carboxylic acids is 2. The van der Waals surface area contributed by atoms with Crippen LogP contribution in [-0.4, -0.2) is 50.6 Å². The number of benzene rings is 7. The fourth-order valence-electron chi connectivity index (χ4n) is 9.10. The summed E-state index contributed by atoms with van der Waals surface area (Å²) >= 11 is 0. The van der Waals surface area contributed by atoms with Crippen molar-refractivity contribution in [2.24, 2.45) is 0 Å². The van der Waals surface area contributed by atoms with Crippen molar-refractivity contribution in [1.29, 1.82) is 0 Å². The Morgan fingerprint density at radius 1 is 0.465 bits per heavy atom. The maximum atomic E-state index is 12.7. The van der Waals surface area contributed by atoms with Gasteiger partial charge < -0.3 is 33.2 Å². The minimum atomic E-state index is -0.762. The molecule has 0 radical (unpaired) electrons. The monoisotopic (exact) mass is 948 g/mol. The first-order valence-electron chi connectivity index (χ1n) is 23.8. The Labute approximate surface area is 417 Å². The average molecular weight is 949 g/mol. The van der Waals surface area contributed by atoms with E-state index in [4.69, 9.17) is 33.2 Å². The second-order valence-electron chi connectivity index (χ2n) is 17.9. The van der Waals surface area contributed by atoms with Crippen LogP contribution in [0.4, 0.5) is 0 Å². The van der Waals surface area contributed by atoms with Gasteiger partial charge in [0, 0.05) is 29.2 Å². The molecule has 7 aromatic carbocycles. The molecule has 7 aromatic rings. The van der Waals surface area contributed by atoms with Crippen LogP contribution in [0, 0.1) is 48.5 Å². The van der Waals surface area contributed by atoms with Crippen molar-refractivity contribution in [2.45, 2.75) is 66.6 Å². The third-order valence-electron chi connectivity index (χ3n) is 13.2. The third-order valence-corrected chi connectivity index (χ3v) is 13.2. The quantitative estimate of drug-likeness (QED) is 0.0579. The number of ether oxygens (including phenoxy) is 7. The van der Waals surface area contributed by atoms with Crippen molar-refractivity contribution in [1.82, 2.24) is 0 Å². The summed E-state index contributed by atoms with van der Waals surface area (Å²) in [5, 5.41) is 0. The Hall–Kier alpha value is -8.04. The first-order valence-corrected chi connectivity index (χ1v) is 23.8. The Kier molecular flexibility index (Phi) is 15.4. The van der Waals surface area contributed by atoms with E-state index >= 15 is 0 Å². The van der Waals surface area contributed by atoms with E-state index in [1.807, 2.05) is 126 Å². The summed E-state index contributed by atoms with van der Waals surface area (Å²) in [5.41, 5.74) is 13.9. The fourth-order valence-corrected chi connectivity index (χ4v) is 9.10. The summed E-state index contributed by atoms with van der Waals surface area (Å²) in [6, 6.07) is 44.4. The number of carbonyl (C=O) groups is 2. The van der Waals surface area contributed by atoms with E-state index in [9.17, 15) is 9.59 Å². The van der Waals surface area contributed by atoms with Crippen LogP contribution in [0.2, 0.25) is 0 Å². The fraction of sp³-hybridized carbons (Fsp3) is 0.226. The molecule has 0 aliphatic carbocycles. The molecule has 0 saturated carbocycles. The first-order chi connectivity index (χ1) is 34.3. The minimum Gasteiger partial charge on any atom is -0.490 e. The van der Waals surface area contributed by atoms with Gasteiger partial charge in [0.15, 0.2) is 12.2 Å². The summed E-state index contributed by atoms with van der Waals surface area (Å²) in [5.74, 6) is 2.67. The predicted octanol–water partition coefficient (Wildman–Crippen LogP) is 13.6. The van der Waals surface area contributed by atoms with Crippen LogP contribution in [0.1, 0.15) is 61.6 Å². The smallest absolute Gasteiger partial charge is 0.330 e. The molecule has 0 amide bonds. The van der Waals surface area contributed by atoms with Gasteiger partial charge in [-0.15, -0.1) is 0 Å².